The van der Waals surface area contributed by atoms with Crippen LogP contribution >= 0.6 is 0 Å². The Hall–Kier alpha value is -2.24. The van der Waals surface area contributed by atoms with Crippen molar-refractivity contribution >= 4 is 17.7 Å². The predicted octanol–water partition coefficient (Wildman–Crippen LogP) is 2.38. The lowest BCUT2D eigenvalue weighted by Crippen LogP contribution is -2.30. The minimum absolute atomic E-state index is 0.0440. The van der Waals surface area contributed by atoms with Gasteiger partial charge < -0.3 is 20.5 Å². The highest BCUT2D eigenvalue weighted by Gasteiger charge is 2.05. The second kappa shape index (κ2) is 8.04. The van der Waals surface area contributed by atoms with Crippen LogP contribution < -0.4 is 15.4 Å². The van der Waals surface area contributed by atoms with E-state index < -0.39 is 5.97 Å². The lowest BCUT2D eigenvalue weighted by molar-refractivity contribution is -0.137. The van der Waals surface area contributed by atoms with Gasteiger partial charge in [0, 0.05) is 18.7 Å². The van der Waals surface area contributed by atoms with Gasteiger partial charge in [-0.05, 0) is 44.0 Å². The van der Waals surface area contributed by atoms with Crippen molar-refractivity contribution in [1.82, 2.24) is 5.32 Å². The van der Waals surface area contributed by atoms with Gasteiger partial charge in [-0.25, -0.2) is 4.79 Å². The molecule has 6 nitrogen and oxygen atoms in total. The third kappa shape index (κ3) is 5.60. The van der Waals surface area contributed by atoms with E-state index in [1.165, 1.54) is 0 Å². The molecule has 2 amide bonds. The molecule has 0 fully saturated rings. The summed E-state index contributed by atoms with van der Waals surface area (Å²) in [7, 11) is 0. The molecule has 0 aliphatic heterocycles. The maximum absolute atomic E-state index is 11.6. The van der Waals surface area contributed by atoms with Crippen LogP contribution in [0.1, 0.15) is 25.3 Å². The summed E-state index contributed by atoms with van der Waals surface area (Å²) in [5.74, 6) is -0.105. The number of carboxylic acids is 1. The molecule has 0 aliphatic rings. The Balaban J connectivity index is 2.43. The number of hydrogen-bond acceptors (Lipinski definition) is 3. The first-order valence-corrected chi connectivity index (χ1v) is 6.53. The molecule has 1 rings (SSSR count). The summed E-state index contributed by atoms with van der Waals surface area (Å²) in [4.78, 5) is 21.9. The van der Waals surface area contributed by atoms with Gasteiger partial charge in [0.2, 0.25) is 0 Å². The van der Waals surface area contributed by atoms with Crippen molar-refractivity contribution in [3.8, 4) is 5.75 Å². The molecule has 6 heteroatoms. The number of nitrogens with one attached hydrogen (secondary N) is 2. The molecule has 0 saturated heterocycles. The summed E-state index contributed by atoms with van der Waals surface area (Å²) in [5, 5.41) is 13.8. The summed E-state index contributed by atoms with van der Waals surface area (Å²) in [5.41, 5.74) is 1.60. The van der Waals surface area contributed by atoms with E-state index >= 15 is 0 Å². The van der Waals surface area contributed by atoms with Crippen molar-refractivity contribution in [3.05, 3.63) is 23.8 Å². The molecule has 0 atom stereocenters. The van der Waals surface area contributed by atoms with Gasteiger partial charge in [-0.2, -0.15) is 0 Å². The van der Waals surface area contributed by atoms with Crippen molar-refractivity contribution in [2.45, 2.75) is 26.7 Å². The molecular weight excluding hydrogens is 260 g/mol. The topological polar surface area (TPSA) is 87.7 Å². The molecule has 0 aliphatic carbocycles. The predicted molar refractivity (Wildman–Crippen MR) is 76.2 cm³/mol. The highest BCUT2D eigenvalue weighted by atomic mass is 16.5. The van der Waals surface area contributed by atoms with Crippen LogP contribution in [0, 0.1) is 6.92 Å². The van der Waals surface area contributed by atoms with Crippen LogP contribution in [-0.4, -0.2) is 30.3 Å². The zero-order valence-corrected chi connectivity index (χ0v) is 11.7. The molecular formula is C14H20N2O4. The molecule has 0 bridgehead atoms. The van der Waals surface area contributed by atoms with E-state index in [2.05, 4.69) is 10.6 Å². The number of benzene rings is 1. The zero-order chi connectivity index (χ0) is 15.0. The van der Waals surface area contributed by atoms with Gasteiger partial charge in [0.1, 0.15) is 5.75 Å². The van der Waals surface area contributed by atoms with Gasteiger partial charge in [0.05, 0.1) is 6.61 Å². The first kappa shape index (κ1) is 15.8. The third-order valence-corrected chi connectivity index (χ3v) is 2.61. The van der Waals surface area contributed by atoms with Crippen molar-refractivity contribution in [2.24, 2.45) is 0 Å². The smallest absolute Gasteiger partial charge is 0.319 e. The molecule has 0 aromatic heterocycles. The lowest BCUT2D eigenvalue weighted by atomic mass is 10.2. The Labute approximate surface area is 118 Å². The summed E-state index contributed by atoms with van der Waals surface area (Å²) >= 11 is 0. The second-order valence-corrected chi connectivity index (χ2v) is 4.29. The van der Waals surface area contributed by atoms with Crippen molar-refractivity contribution in [3.63, 3.8) is 0 Å². The van der Waals surface area contributed by atoms with E-state index in [0.717, 1.165) is 11.3 Å². The van der Waals surface area contributed by atoms with E-state index in [4.69, 9.17) is 9.84 Å². The lowest BCUT2D eigenvalue weighted by Gasteiger charge is -2.11. The largest absolute Gasteiger partial charge is 0.494 e. The first-order chi connectivity index (χ1) is 9.52. The quantitative estimate of drug-likeness (QED) is 0.669. The molecule has 0 saturated carbocycles. The van der Waals surface area contributed by atoms with Gasteiger partial charge in [-0.15, -0.1) is 0 Å². The first-order valence-electron chi connectivity index (χ1n) is 6.53. The molecule has 0 spiro atoms. The van der Waals surface area contributed by atoms with E-state index in [-0.39, 0.29) is 12.5 Å². The summed E-state index contributed by atoms with van der Waals surface area (Å²) in [6.07, 6.45) is 0.452. The Kier molecular flexibility index (Phi) is 6.36. The number of ether oxygens (including phenoxy) is 1. The molecule has 0 unspecified atom stereocenters. The number of carboxylic acid groups (broad SMARTS) is 1. The molecule has 110 valence electrons. The van der Waals surface area contributed by atoms with E-state index in [1.807, 2.05) is 19.9 Å². The number of aliphatic carboxylic acids is 1. The second-order valence-electron chi connectivity index (χ2n) is 4.29. The molecule has 20 heavy (non-hydrogen) atoms. The highest BCUT2D eigenvalue weighted by Crippen LogP contribution is 2.21. The fourth-order valence-corrected chi connectivity index (χ4v) is 1.64. The van der Waals surface area contributed by atoms with Crippen LogP contribution in [-0.2, 0) is 4.79 Å². The minimum Gasteiger partial charge on any atom is -0.494 e. The standard InChI is InChI=1S/C14H20N2O4/c1-3-20-11-6-7-12(10(2)9-11)16-14(19)15-8-4-5-13(17)18/h6-7,9H,3-5,8H2,1-2H3,(H,17,18)(H2,15,16,19). The average molecular weight is 280 g/mol. The molecule has 1 aromatic carbocycles. The Morgan fingerprint density at radius 1 is 1.35 bits per heavy atom. The van der Waals surface area contributed by atoms with Crippen molar-refractivity contribution in [1.29, 1.82) is 0 Å². The van der Waals surface area contributed by atoms with Crippen LogP contribution in [0.4, 0.5) is 10.5 Å². The van der Waals surface area contributed by atoms with E-state index in [1.54, 1.807) is 12.1 Å². The SMILES string of the molecule is CCOc1ccc(NC(=O)NCCCC(=O)O)c(C)c1. The molecule has 0 radical (unpaired) electrons. The average Bonchev–Trinajstić information content (AvgIpc) is 2.38. The van der Waals surface area contributed by atoms with Crippen LogP contribution in [0.5, 0.6) is 5.75 Å². The number of aryl methyl sites for hydroxylation is 1. The van der Waals surface area contributed by atoms with Crippen molar-refractivity contribution in [2.75, 3.05) is 18.5 Å². The monoisotopic (exact) mass is 280 g/mol. The highest BCUT2D eigenvalue weighted by molar-refractivity contribution is 5.90. The number of carbonyl (C=O) groups is 2. The van der Waals surface area contributed by atoms with Gasteiger partial charge in [0.15, 0.2) is 0 Å². The summed E-state index contributed by atoms with van der Waals surface area (Å²) in [6, 6.07) is 5.07. The Morgan fingerprint density at radius 2 is 2.10 bits per heavy atom. The van der Waals surface area contributed by atoms with Gasteiger partial charge >= 0.3 is 12.0 Å². The van der Waals surface area contributed by atoms with E-state index in [9.17, 15) is 9.59 Å². The Bertz CT molecular complexity index is 474. The van der Waals surface area contributed by atoms with Gasteiger partial charge in [0.25, 0.3) is 0 Å². The maximum Gasteiger partial charge on any atom is 0.319 e. The molecule has 3 N–H and O–H groups in total. The van der Waals surface area contributed by atoms with Crippen LogP contribution in [0.2, 0.25) is 0 Å². The number of amides is 2. The number of urea groups is 1. The van der Waals surface area contributed by atoms with Crippen molar-refractivity contribution < 1.29 is 19.4 Å². The number of hydrogen-bond donors (Lipinski definition) is 3. The fourth-order valence-electron chi connectivity index (χ4n) is 1.64. The number of carbonyl (C=O) groups excluding carboxylic acids is 1. The van der Waals surface area contributed by atoms with Crippen LogP contribution in [0.3, 0.4) is 0 Å². The third-order valence-electron chi connectivity index (χ3n) is 2.61. The molecule has 0 heterocycles. The molecule has 1 aromatic rings. The van der Waals surface area contributed by atoms with E-state index in [0.29, 0.717) is 25.3 Å². The van der Waals surface area contributed by atoms with Crippen LogP contribution in [0.15, 0.2) is 18.2 Å². The van der Waals surface area contributed by atoms with Gasteiger partial charge in [-0.1, -0.05) is 0 Å². The summed E-state index contributed by atoms with van der Waals surface area (Å²) < 4.78 is 5.36. The number of rotatable bonds is 7. The zero-order valence-electron chi connectivity index (χ0n) is 11.7. The summed E-state index contributed by atoms with van der Waals surface area (Å²) in [6.45, 7) is 4.71. The van der Waals surface area contributed by atoms with Crippen LogP contribution in [0.25, 0.3) is 0 Å². The fraction of sp³-hybridized carbons (Fsp3) is 0.429. The normalized spacial score (nSPS) is 9.90. The maximum atomic E-state index is 11.6. The Morgan fingerprint density at radius 3 is 2.70 bits per heavy atom. The number of anilines is 1. The minimum atomic E-state index is -0.866. The van der Waals surface area contributed by atoms with Gasteiger partial charge in [-0.3, -0.25) is 4.79 Å².